The fraction of sp³-hybridized carbons (Fsp3) is 0.562. The number of benzene rings is 1. The first kappa shape index (κ1) is 17.6. The van der Waals surface area contributed by atoms with Crippen molar-refractivity contribution < 1.29 is 19.0 Å². The molecule has 4 nitrogen and oxygen atoms in total. The summed E-state index contributed by atoms with van der Waals surface area (Å²) < 4.78 is 16.4. The van der Waals surface area contributed by atoms with Crippen LogP contribution in [-0.4, -0.2) is 24.8 Å². The quantitative estimate of drug-likeness (QED) is 0.713. The Kier molecular flexibility index (Phi) is 6.82. The molecule has 118 valence electrons. The molecule has 0 fully saturated rings. The number of hydrogen-bond acceptors (Lipinski definition) is 4. The van der Waals surface area contributed by atoms with Crippen molar-refractivity contribution in [3.63, 3.8) is 0 Å². The molecule has 0 N–H and O–H groups in total. The number of carbonyl (C=O) groups excluding carboxylic acids is 1. The molecule has 1 aromatic carbocycles. The number of ether oxygens (including phenoxy) is 3. The first-order valence-electron chi connectivity index (χ1n) is 7.14. The van der Waals surface area contributed by atoms with Gasteiger partial charge < -0.3 is 14.2 Å². The van der Waals surface area contributed by atoms with Crippen molar-refractivity contribution >= 4 is 17.6 Å². The lowest BCUT2D eigenvalue weighted by atomic mass is 10.1. The van der Waals surface area contributed by atoms with Gasteiger partial charge >= 0.3 is 5.97 Å². The van der Waals surface area contributed by atoms with Gasteiger partial charge in [0.25, 0.3) is 0 Å². The van der Waals surface area contributed by atoms with E-state index < -0.39 is 0 Å². The van der Waals surface area contributed by atoms with Crippen LogP contribution >= 0.6 is 11.6 Å². The Bertz CT molecular complexity index is 483. The van der Waals surface area contributed by atoms with E-state index >= 15 is 0 Å². The van der Waals surface area contributed by atoms with E-state index in [1.54, 1.807) is 19.1 Å². The van der Waals surface area contributed by atoms with Crippen LogP contribution in [0.4, 0.5) is 0 Å². The normalized spacial score (nSPS) is 10.9. The number of carbonyl (C=O) groups is 1. The largest absolute Gasteiger partial charge is 0.491 e. The second-order valence-corrected chi connectivity index (χ2v) is 5.61. The summed E-state index contributed by atoms with van der Waals surface area (Å²) in [5.41, 5.74) is 0.710. The number of rotatable bonds is 7. The summed E-state index contributed by atoms with van der Waals surface area (Å²) in [5, 5.41) is 0.465. The van der Waals surface area contributed by atoms with Crippen molar-refractivity contribution in [2.75, 3.05) is 6.61 Å². The molecule has 0 atom stereocenters. The highest BCUT2D eigenvalue weighted by molar-refractivity contribution is 6.32. The molecule has 0 aromatic heterocycles. The van der Waals surface area contributed by atoms with Crippen LogP contribution < -0.4 is 9.47 Å². The van der Waals surface area contributed by atoms with Crippen LogP contribution in [0.25, 0.3) is 0 Å². The van der Waals surface area contributed by atoms with E-state index in [1.165, 1.54) is 0 Å². The predicted molar refractivity (Wildman–Crippen MR) is 83.3 cm³/mol. The third-order valence-corrected chi connectivity index (χ3v) is 2.78. The van der Waals surface area contributed by atoms with Crippen LogP contribution in [0.3, 0.4) is 0 Å². The maximum absolute atomic E-state index is 11.7. The zero-order valence-corrected chi connectivity index (χ0v) is 14.0. The van der Waals surface area contributed by atoms with Gasteiger partial charge in [-0.15, -0.1) is 0 Å². The minimum Gasteiger partial charge on any atom is -0.491 e. The lowest BCUT2D eigenvalue weighted by Gasteiger charge is -2.18. The van der Waals surface area contributed by atoms with E-state index in [4.69, 9.17) is 25.8 Å². The molecule has 0 saturated heterocycles. The molecule has 0 spiro atoms. The standard InChI is InChI=1S/C16H23ClO4/c1-6-19-16(18)8-12-7-15(21-11(4)5)13(17)9-14(12)20-10(2)3/h7,9-11H,6,8H2,1-5H3. The molecule has 0 saturated carbocycles. The van der Waals surface area contributed by atoms with Gasteiger partial charge in [0.2, 0.25) is 0 Å². The van der Waals surface area contributed by atoms with Crippen molar-refractivity contribution in [2.24, 2.45) is 0 Å². The molecular formula is C16H23ClO4. The molecule has 1 aromatic rings. The van der Waals surface area contributed by atoms with Crippen LogP contribution in [0.15, 0.2) is 12.1 Å². The van der Waals surface area contributed by atoms with E-state index in [1.807, 2.05) is 27.7 Å². The summed E-state index contributed by atoms with van der Waals surface area (Å²) in [7, 11) is 0. The fourth-order valence-electron chi connectivity index (χ4n) is 1.79. The molecule has 0 aliphatic carbocycles. The van der Waals surface area contributed by atoms with Gasteiger partial charge in [0, 0.05) is 11.6 Å². The Morgan fingerprint density at radius 3 is 2.19 bits per heavy atom. The van der Waals surface area contributed by atoms with Crippen LogP contribution in [0.2, 0.25) is 5.02 Å². The summed E-state index contributed by atoms with van der Waals surface area (Å²) in [6, 6.07) is 3.44. The van der Waals surface area contributed by atoms with E-state index in [-0.39, 0.29) is 24.6 Å². The molecule has 0 heterocycles. The maximum atomic E-state index is 11.7. The van der Waals surface area contributed by atoms with Gasteiger partial charge in [-0.2, -0.15) is 0 Å². The summed E-state index contributed by atoms with van der Waals surface area (Å²) in [6.07, 6.45) is 0.107. The average molecular weight is 315 g/mol. The molecule has 0 bridgehead atoms. The Morgan fingerprint density at radius 1 is 1.10 bits per heavy atom. The predicted octanol–water partition coefficient (Wildman–Crippen LogP) is 4.02. The highest BCUT2D eigenvalue weighted by Crippen LogP contribution is 2.34. The third kappa shape index (κ3) is 5.84. The fourth-order valence-corrected chi connectivity index (χ4v) is 1.99. The summed E-state index contributed by atoms with van der Waals surface area (Å²) >= 11 is 6.21. The van der Waals surface area contributed by atoms with E-state index in [9.17, 15) is 4.79 Å². The highest BCUT2D eigenvalue weighted by atomic mass is 35.5. The van der Waals surface area contributed by atoms with Gasteiger partial charge in [-0.05, 0) is 40.7 Å². The van der Waals surface area contributed by atoms with Crippen molar-refractivity contribution in [2.45, 2.75) is 53.2 Å². The average Bonchev–Trinajstić information content (AvgIpc) is 2.33. The van der Waals surface area contributed by atoms with Crippen molar-refractivity contribution in [3.05, 3.63) is 22.7 Å². The molecule has 0 amide bonds. The molecular weight excluding hydrogens is 292 g/mol. The SMILES string of the molecule is CCOC(=O)Cc1cc(OC(C)C)c(Cl)cc1OC(C)C. The van der Waals surface area contributed by atoms with E-state index in [0.29, 0.717) is 28.7 Å². The maximum Gasteiger partial charge on any atom is 0.310 e. The first-order valence-corrected chi connectivity index (χ1v) is 7.52. The van der Waals surface area contributed by atoms with Crippen LogP contribution in [0.1, 0.15) is 40.2 Å². The minimum atomic E-state index is -0.302. The van der Waals surface area contributed by atoms with Gasteiger partial charge in [0.15, 0.2) is 0 Å². The smallest absolute Gasteiger partial charge is 0.310 e. The number of hydrogen-bond donors (Lipinski definition) is 0. The Hall–Kier alpha value is -1.42. The van der Waals surface area contributed by atoms with Crippen molar-refractivity contribution in [3.8, 4) is 11.5 Å². The molecule has 0 aliphatic heterocycles. The van der Waals surface area contributed by atoms with Gasteiger partial charge in [-0.1, -0.05) is 11.6 Å². The van der Waals surface area contributed by atoms with E-state index in [0.717, 1.165) is 0 Å². The summed E-state index contributed by atoms with van der Waals surface area (Å²) in [4.78, 5) is 11.7. The molecule has 21 heavy (non-hydrogen) atoms. The van der Waals surface area contributed by atoms with Crippen molar-refractivity contribution in [1.29, 1.82) is 0 Å². The van der Waals surface area contributed by atoms with Gasteiger partial charge in [-0.25, -0.2) is 0 Å². The number of halogens is 1. The zero-order valence-electron chi connectivity index (χ0n) is 13.2. The molecule has 1 rings (SSSR count). The first-order chi connectivity index (χ1) is 9.83. The van der Waals surface area contributed by atoms with E-state index in [2.05, 4.69) is 0 Å². The second-order valence-electron chi connectivity index (χ2n) is 5.21. The van der Waals surface area contributed by atoms with Gasteiger partial charge in [0.05, 0.1) is 30.3 Å². The summed E-state index contributed by atoms with van der Waals surface area (Å²) in [6.45, 7) is 9.79. The van der Waals surface area contributed by atoms with Crippen molar-refractivity contribution in [1.82, 2.24) is 0 Å². The lowest BCUT2D eigenvalue weighted by molar-refractivity contribution is -0.142. The van der Waals surface area contributed by atoms with Crippen LogP contribution in [-0.2, 0) is 16.0 Å². The second kappa shape index (κ2) is 8.13. The highest BCUT2D eigenvalue weighted by Gasteiger charge is 2.16. The topological polar surface area (TPSA) is 44.8 Å². The molecule has 0 unspecified atom stereocenters. The lowest BCUT2D eigenvalue weighted by Crippen LogP contribution is -2.13. The zero-order chi connectivity index (χ0) is 16.0. The third-order valence-electron chi connectivity index (χ3n) is 2.48. The van der Waals surface area contributed by atoms with Gasteiger partial charge in [-0.3, -0.25) is 4.79 Å². The number of esters is 1. The Morgan fingerprint density at radius 2 is 1.67 bits per heavy atom. The van der Waals surface area contributed by atoms with Gasteiger partial charge in [0.1, 0.15) is 11.5 Å². The Balaban J connectivity index is 3.10. The minimum absolute atomic E-state index is 0.00481. The molecule has 0 aliphatic rings. The Labute approximate surface area is 131 Å². The van der Waals surface area contributed by atoms with Crippen LogP contribution in [0, 0.1) is 0 Å². The molecule has 0 radical (unpaired) electrons. The summed E-state index contributed by atoms with van der Waals surface area (Å²) in [5.74, 6) is 0.824. The van der Waals surface area contributed by atoms with Crippen LogP contribution in [0.5, 0.6) is 11.5 Å². The molecule has 5 heteroatoms. The monoisotopic (exact) mass is 314 g/mol.